The molecule has 148 valence electrons. The summed E-state index contributed by atoms with van der Waals surface area (Å²) in [6, 6.07) is 14.7. The molecule has 10 nitrogen and oxygen atoms in total. The van der Waals surface area contributed by atoms with Gasteiger partial charge in [-0.05, 0) is 18.2 Å². The van der Waals surface area contributed by atoms with Crippen molar-refractivity contribution in [3.63, 3.8) is 0 Å². The van der Waals surface area contributed by atoms with Gasteiger partial charge in [-0.15, -0.1) is 0 Å². The van der Waals surface area contributed by atoms with Gasteiger partial charge in [-0.2, -0.15) is 15.4 Å². The SMILES string of the molecule is NC(=O)c1n[nH]nc1-c1cc([N+](=O)[O-])ccc1N1CCN(c2ccccc2)CC1. The average Bonchev–Trinajstić information content (AvgIpc) is 3.24. The number of carbonyl (C=O) groups excluding carboxylic acids is 1. The molecule has 10 heteroatoms. The number of aromatic nitrogens is 3. The van der Waals surface area contributed by atoms with Crippen LogP contribution in [0.15, 0.2) is 48.5 Å². The number of nitro benzene ring substituents is 1. The first-order valence-electron chi connectivity index (χ1n) is 9.09. The highest BCUT2D eigenvalue weighted by Gasteiger charge is 2.25. The van der Waals surface area contributed by atoms with E-state index >= 15 is 0 Å². The predicted molar refractivity (Wildman–Crippen MR) is 108 cm³/mol. The van der Waals surface area contributed by atoms with E-state index in [4.69, 9.17) is 5.73 Å². The number of para-hydroxylation sites is 1. The third kappa shape index (κ3) is 3.59. The predicted octanol–water partition coefficient (Wildman–Crippen LogP) is 1.81. The zero-order chi connectivity index (χ0) is 20.4. The molecule has 4 rings (SSSR count). The van der Waals surface area contributed by atoms with E-state index in [1.165, 1.54) is 12.1 Å². The summed E-state index contributed by atoms with van der Waals surface area (Å²) in [5, 5.41) is 21.5. The van der Waals surface area contributed by atoms with Crippen LogP contribution in [0.2, 0.25) is 0 Å². The van der Waals surface area contributed by atoms with Gasteiger partial charge >= 0.3 is 0 Å². The summed E-state index contributed by atoms with van der Waals surface area (Å²) >= 11 is 0. The number of anilines is 2. The van der Waals surface area contributed by atoms with Crippen LogP contribution in [0.3, 0.4) is 0 Å². The van der Waals surface area contributed by atoms with Crippen LogP contribution in [-0.2, 0) is 0 Å². The third-order valence-electron chi connectivity index (χ3n) is 4.97. The van der Waals surface area contributed by atoms with Crippen LogP contribution in [-0.4, -0.2) is 52.4 Å². The van der Waals surface area contributed by atoms with Gasteiger partial charge < -0.3 is 15.5 Å². The van der Waals surface area contributed by atoms with Crippen molar-refractivity contribution in [2.45, 2.75) is 0 Å². The Morgan fingerprint density at radius 3 is 2.38 bits per heavy atom. The molecule has 1 aliphatic rings. The first-order chi connectivity index (χ1) is 14.0. The fraction of sp³-hybridized carbons (Fsp3) is 0.211. The topological polar surface area (TPSA) is 134 Å². The maximum absolute atomic E-state index is 11.7. The summed E-state index contributed by atoms with van der Waals surface area (Å²) in [5.41, 5.74) is 7.82. The van der Waals surface area contributed by atoms with Gasteiger partial charge in [0.25, 0.3) is 11.6 Å². The van der Waals surface area contributed by atoms with Crippen molar-refractivity contribution in [3.05, 3.63) is 64.3 Å². The summed E-state index contributed by atoms with van der Waals surface area (Å²) < 4.78 is 0. The highest BCUT2D eigenvalue weighted by atomic mass is 16.6. The van der Waals surface area contributed by atoms with Crippen LogP contribution >= 0.6 is 0 Å². The Labute approximate surface area is 166 Å². The number of benzene rings is 2. The van der Waals surface area contributed by atoms with E-state index in [0.717, 1.165) is 24.5 Å². The lowest BCUT2D eigenvalue weighted by molar-refractivity contribution is -0.384. The first kappa shape index (κ1) is 18.4. The molecule has 1 amide bonds. The van der Waals surface area contributed by atoms with Crippen LogP contribution in [0, 0.1) is 10.1 Å². The van der Waals surface area contributed by atoms with Gasteiger partial charge in [0.1, 0.15) is 5.69 Å². The number of non-ortho nitro benzene ring substituents is 1. The lowest BCUT2D eigenvalue weighted by Crippen LogP contribution is -2.46. The molecule has 1 saturated heterocycles. The fourth-order valence-electron chi connectivity index (χ4n) is 3.54. The summed E-state index contributed by atoms with van der Waals surface area (Å²) in [4.78, 5) is 26.9. The van der Waals surface area contributed by atoms with Crippen molar-refractivity contribution in [1.82, 2.24) is 15.4 Å². The number of hydrogen-bond acceptors (Lipinski definition) is 7. The lowest BCUT2D eigenvalue weighted by atomic mass is 10.0. The zero-order valence-electron chi connectivity index (χ0n) is 15.5. The molecule has 0 aliphatic carbocycles. The molecule has 0 radical (unpaired) electrons. The van der Waals surface area contributed by atoms with Gasteiger partial charge in [0.05, 0.1) is 4.92 Å². The van der Waals surface area contributed by atoms with E-state index in [-0.39, 0.29) is 17.1 Å². The zero-order valence-corrected chi connectivity index (χ0v) is 15.5. The Morgan fingerprint density at radius 2 is 1.72 bits per heavy atom. The second-order valence-electron chi connectivity index (χ2n) is 6.65. The number of amides is 1. The molecular formula is C19H19N7O3. The second kappa shape index (κ2) is 7.58. The Kier molecular flexibility index (Phi) is 4.82. The maximum Gasteiger partial charge on any atom is 0.271 e. The second-order valence-corrected chi connectivity index (χ2v) is 6.65. The number of nitrogens with two attached hydrogens (primary N) is 1. The molecule has 1 aliphatic heterocycles. The van der Waals surface area contributed by atoms with Crippen molar-refractivity contribution in [3.8, 4) is 11.3 Å². The van der Waals surface area contributed by atoms with Gasteiger partial charge in [-0.1, -0.05) is 18.2 Å². The van der Waals surface area contributed by atoms with Crippen molar-refractivity contribution in [2.24, 2.45) is 5.73 Å². The van der Waals surface area contributed by atoms with Crippen molar-refractivity contribution in [2.75, 3.05) is 36.0 Å². The number of carbonyl (C=O) groups is 1. The number of aromatic amines is 1. The lowest BCUT2D eigenvalue weighted by Gasteiger charge is -2.38. The van der Waals surface area contributed by atoms with E-state index in [9.17, 15) is 14.9 Å². The molecule has 29 heavy (non-hydrogen) atoms. The number of nitrogens with one attached hydrogen (secondary N) is 1. The number of nitro groups is 1. The van der Waals surface area contributed by atoms with E-state index in [2.05, 4.69) is 37.3 Å². The third-order valence-corrected chi connectivity index (χ3v) is 4.97. The molecule has 0 bridgehead atoms. The van der Waals surface area contributed by atoms with Crippen LogP contribution in [0.5, 0.6) is 0 Å². The monoisotopic (exact) mass is 393 g/mol. The van der Waals surface area contributed by atoms with Crippen molar-refractivity contribution < 1.29 is 9.72 Å². The fourth-order valence-corrected chi connectivity index (χ4v) is 3.54. The smallest absolute Gasteiger partial charge is 0.271 e. The minimum atomic E-state index is -0.750. The summed E-state index contributed by atoms with van der Waals surface area (Å²) in [5.74, 6) is -0.750. The minimum Gasteiger partial charge on any atom is -0.368 e. The summed E-state index contributed by atoms with van der Waals surface area (Å²) in [6.45, 7) is 3.01. The maximum atomic E-state index is 11.7. The number of hydrogen-bond donors (Lipinski definition) is 2. The molecule has 2 aromatic carbocycles. The van der Waals surface area contributed by atoms with E-state index in [1.54, 1.807) is 6.07 Å². The first-order valence-corrected chi connectivity index (χ1v) is 9.09. The molecule has 0 saturated carbocycles. The van der Waals surface area contributed by atoms with Gasteiger partial charge in [-0.25, -0.2) is 0 Å². The van der Waals surface area contributed by atoms with Crippen LogP contribution in [0.25, 0.3) is 11.3 Å². The van der Waals surface area contributed by atoms with Gasteiger partial charge in [0, 0.05) is 55.2 Å². The number of rotatable bonds is 5. The molecule has 1 aromatic heterocycles. The Hall–Kier alpha value is -3.95. The largest absolute Gasteiger partial charge is 0.368 e. The van der Waals surface area contributed by atoms with E-state index in [1.807, 2.05) is 18.2 Å². The average molecular weight is 393 g/mol. The number of H-pyrrole nitrogens is 1. The Bertz CT molecular complexity index is 1040. The Balaban J connectivity index is 1.66. The highest BCUT2D eigenvalue weighted by molar-refractivity contribution is 5.98. The summed E-state index contributed by atoms with van der Waals surface area (Å²) in [7, 11) is 0. The molecular weight excluding hydrogens is 374 g/mol. The van der Waals surface area contributed by atoms with Gasteiger partial charge in [-0.3, -0.25) is 14.9 Å². The minimum absolute atomic E-state index is 0.0466. The van der Waals surface area contributed by atoms with E-state index < -0.39 is 10.8 Å². The van der Waals surface area contributed by atoms with Crippen molar-refractivity contribution in [1.29, 1.82) is 0 Å². The molecule has 3 N–H and O–H groups in total. The number of nitrogens with zero attached hydrogens (tertiary/aromatic N) is 5. The van der Waals surface area contributed by atoms with Gasteiger partial charge in [0.2, 0.25) is 0 Å². The highest BCUT2D eigenvalue weighted by Crippen LogP contribution is 2.35. The normalized spacial score (nSPS) is 14.1. The number of piperazine rings is 1. The Morgan fingerprint density at radius 1 is 1.03 bits per heavy atom. The molecule has 2 heterocycles. The molecule has 3 aromatic rings. The van der Waals surface area contributed by atoms with Crippen LogP contribution < -0.4 is 15.5 Å². The molecule has 0 atom stereocenters. The quantitative estimate of drug-likeness (QED) is 0.498. The molecule has 1 fully saturated rings. The molecule has 0 unspecified atom stereocenters. The standard InChI is InChI=1S/C19H19N7O3/c20-19(27)18-17(21-23-22-18)15-12-14(26(28)29)6-7-16(15)25-10-8-24(9-11-25)13-4-2-1-3-5-13/h1-7,12H,8-11H2,(H2,20,27)(H,21,22,23). The summed E-state index contributed by atoms with van der Waals surface area (Å²) in [6.07, 6.45) is 0. The van der Waals surface area contributed by atoms with E-state index in [0.29, 0.717) is 18.7 Å². The van der Waals surface area contributed by atoms with Gasteiger partial charge in [0.15, 0.2) is 5.69 Å². The number of primary amides is 1. The van der Waals surface area contributed by atoms with Crippen LogP contribution in [0.4, 0.5) is 17.1 Å². The van der Waals surface area contributed by atoms with Crippen LogP contribution in [0.1, 0.15) is 10.5 Å². The molecule has 0 spiro atoms. The van der Waals surface area contributed by atoms with Crippen molar-refractivity contribution >= 4 is 23.0 Å².